The van der Waals surface area contributed by atoms with Crippen LogP contribution >= 0.6 is 0 Å². The second-order valence-corrected chi connectivity index (χ2v) is 12.1. The van der Waals surface area contributed by atoms with Gasteiger partial charge < -0.3 is 14.4 Å². The second-order valence-electron chi connectivity index (χ2n) is 12.1. The number of amides is 1. The first kappa shape index (κ1) is 26.4. The van der Waals surface area contributed by atoms with E-state index >= 15 is 0 Å². The summed E-state index contributed by atoms with van der Waals surface area (Å²) in [6, 6.07) is 15.4. The number of aliphatic hydroxyl groups is 1. The molecule has 0 spiro atoms. The molecule has 0 atom stereocenters. The molecule has 3 aromatic rings. The Balaban J connectivity index is 1.17. The molecule has 6 rings (SSSR count). The third-order valence-corrected chi connectivity index (χ3v) is 8.35. The maximum atomic E-state index is 14.2. The summed E-state index contributed by atoms with van der Waals surface area (Å²) < 4.78 is 25.2. The van der Waals surface area contributed by atoms with Gasteiger partial charge in [0, 0.05) is 16.5 Å². The molecule has 38 heavy (non-hydrogen) atoms. The van der Waals surface area contributed by atoms with Crippen LogP contribution in [0.25, 0.3) is 11.1 Å². The zero-order chi connectivity index (χ0) is 27.2. The van der Waals surface area contributed by atoms with E-state index in [2.05, 4.69) is 15.5 Å². The SMILES string of the molecule is CC(C)(O)c1ccc(-c2cccc(NC(=O)OCC34CCC(c5noc(C(C)(C)F)n5)(CC3)CC4)c2)cc1. The van der Waals surface area contributed by atoms with Crippen LogP contribution in [0.5, 0.6) is 0 Å². The lowest BCUT2D eigenvalue weighted by molar-refractivity contribution is -0.0146. The van der Waals surface area contributed by atoms with Gasteiger partial charge in [0.25, 0.3) is 5.89 Å². The summed E-state index contributed by atoms with van der Waals surface area (Å²) in [6.45, 7) is 6.72. The number of rotatable bonds is 7. The Morgan fingerprint density at radius 3 is 2.26 bits per heavy atom. The molecule has 8 heteroatoms. The number of nitrogens with one attached hydrogen (secondary N) is 1. The van der Waals surface area contributed by atoms with E-state index in [4.69, 9.17) is 9.26 Å². The number of ether oxygens (including phenoxy) is 1. The largest absolute Gasteiger partial charge is 0.449 e. The lowest BCUT2D eigenvalue weighted by atomic mass is 9.53. The van der Waals surface area contributed by atoms with Crippen LogP contribution in [0, 0.1) is 5.41 Å². The minimum atomic E-state index is -1.66. The summed E-state index contributed by atoms with van der Waals surface area (Å²) >= 11 is 0. The molecular formula is C30H36FN3O4. The van der Waals surface area contributed by atoms with Gasteiger partial charge in [-0.05, 0) is 95.0 Å². The summed E-state index contributed by atoms with van der Waals surface area (Å²) in [4.78, 5) is 17.1. The van der Waals surface area contributed by atoms with Gasteiger partial charge in [-0.15, -0.1) is 0 Å². The highest BCUT2D eigenvalue weighted by atomic mass is 19.1. The Morgan fingerprint density at radius 1 is 1.03 bits per heavy atom. The molecule has 1 amide bonds. The fraction of sp³-hybridized carbons (Fsp3) is 0.500. The molecule has 1 heterocycles. The predicted octanol–water partition coefficient (Wildman–Crippen LogP) is 7.01. The molecule has 7 nitrogen and oxygen atoms in total. The zero-order valence-corrected chi connectivity index (χ0v) is 22.5. The van der Waals surface area contributed by atoms with Crippen LogP contribution in [0.2, 0.25) is 0 Å². The van der Waals surface area contributed by atoms with E-state index in [0.29, 0.717) is 18.1 Å². The lowest BCUT2D eigenvalue weighted by Crippen LogP contribution is -2.47. The molecule has 202 valence electrons. The van der Waals surface area contributed by atoms with Gasteiger partial charge in [0.2, 0.25) is 0 Å². The normalized spacial score (nSPS) is 23.3. The molecule has 0 saturated heterocycles. The Bertz CT molecular complexity index is 1280. The van der Waals surface area contributed by atoms with Gasteiger partial charge in [0.1, 0.15) is 0 Å². The van der Waals surface area contributed by atoms with E-state index in [1.54, 1.807) is 13.8 Å². The first-order valence-corrected chi connectivity index (χ1v) is 13.3. The fourth-order valence-electron chi connectivity index (χ4n) is 5.72. The molecule has 2 aromatic carbocycles. The Morgan fingerprint density at radius 2 is 1.68 bits per heavy atom. The monoisotopic (exact) mass is 521 g/mol. The number of carbonyl (C=O) groups is 1. The van der Waals surface area contributed by atoms with Crippen molar-refractivity contribution >= 4 is 11.8 Å². The molecule has 1 aromatic heterocycles. The van der Waals surface area contributed by atoms with Gasteiger partial charge in [-0.1, -0.05) is 41.6 Å². The maximum absolute atomic E-state index is 14.2. The van der Waals surface area contributed by atoms with E-state index in [0.717, 1.165) is 55.2 Å². The third-order valence-electron chi connectivity index (χ3n) is 8.35. The summed E-state index contributed by atoms with van der Waals surface area (Å²) in [5.74, 6) is 0.638. The van der Waals surface area contributed by atoms with Crippen molar-refractivity contribution < 1.29 is 23.6 Å². The topological polar surface area (TPSA) is 97.5 Å². The Labute approximate surface area is 222 Å². The Hall–Kier alpha value is -3.26. The number of alkyl halides is 1. The summed E-state index contributed by atoms with van der Waals surface area (Å²) in [5, 5.41) is 17.2. The van der Waals surface area contributed by atoms with Crippen molar-refractivity contribution in [2.24, 2.45) is 5.41 Å². The van der Waals surface area contributed by atoms with Crippen molar-refractivity contribution in [3.63, 3.8) is 0 Å². The predicted molar refractivity (Wildman–Crippen MR) is 142 cm³/mol. The van der Waals surface area contributed by atoms with Gasteiger partial charge >= 0.3 is 6.09 Å². The molecule has 3 saturated carbocycles. The van der Waals surface area contributed by atoms with Crippen molar-refractivity contribution in [3.8, 4) is 11.1 Å². The van der Waals surface area contributed by atoms with Crippen molar-refractivity contribution in [2.75, 3.05) is 11.9 Å². The molecule has 0 aliphatic heterocycles. The van der Waals surface area contributed by atoms with E-state index < -0.39 is 17.4 Å². The molecule has 2 bridgehead atoms. The molecule has 2 N–H and O–H groups in total. The fourth-order valence-corrected chi connectivity index (χ4v) is 5.72. The van der Waals surface area contributed by atoms with Crippen LogP contribution in [0.15, 0.2) is 53.1 Å². The summed E-state index contributed by atoms with van der Waals surface area (Å²) in [5.41, 5.74) is 0.672. The molecule has 0 radical (unpaired) electrons. The molecular weight excluding hydrogens is 485 g/mol. The smallest absolute Gasteiger partial charge is 0.411 e. The number of halogens is 1. The Kier molecular flexibility index (Phi) is 6.58. The molecule has 3 aliphatic rings. The van der Waals surface area contributed by atoms with Crippen LogP contribution in [0.4, 0.5) is 14.9 Å². The van der Waals surface area contributed by atoms with Crippen molar-refractivity contribution in [1.82, 2.24) is 10.1 Å². The van der Waals surface area contributed by atoms with E-state index in [1.807, 2.05) is 48.5 Å². The number of anilines is 1. The number of hydrogen-bond donors (Lipinski definition) is 2. The number of carbonyl (C=O) groups excluding carboxylic acids is 1. The quantitative estimate of drug-likeness (QED) is 0.347. The third kappa shape index (κ3) is 5.32. The highest BCUT2D eigenvalue weighted by Crippen LogP contribution is 2.57. The minimum absolute atomic E-state index is 0.0273. The second kappa shape index (κ2) is 9.49. The van der Waals surface area contributed by atoms with Crippen LogP contribution in [-0.2, 0) is 21.4 Å². The van der Waals surface area contributed by atoms with Crippen LogP contribution in [0.3, 0.4) is 0 Å². The average Bonchev–Trinajstić information content (AvgIpc) is 3.41. The standard InChI is InChI=1S/C30H36FN3O4/c1-27(2,31)25-33-24(34-38-25)30-15-12-29(13-16-30,14-17-30)19-37-26(35)32-23-7-5-6-21(18-23)20-8-10-22(11-9-20)28(3,4)36/h5-11,18,36H,12-17,19H2,1-4H3,(H,32,35). The summed E-state index contributed by atoms with van der Waals surface area (Å²) in [7, 11) is 0. The summed E-state index contributed by atoms with van der Waals surface area (Å²) in [6.07, 6.45) is 4.86. The minimum Gasteiger partial charge on any atom is -0.449 e. The molecule has 0 unspecified atom stereocenters. The highest BCUT2D eigenvalue weighted by Gasteiger charge is 2.52. The van der Waals surface area contributed by atoms with Crippen molar-refractivity contribution in [3.05, 3.63) is 65.8 Å². The average molecular weight is 522 g/mol. The van der Waals surface area contributed by atoms with Gasteiger partial charge in [-0.2, -0.15) is 4.98 Å². The first-order chi connectivity index (χ1) is 17.9. The van der Waals surface area contributed by atoms with Crippen LogP contribution < -0.4 is 5.32 Å². The van der Waals surface area contributed by atoms with Gasteiger partial charge in [-0.3, -0.25) is 5.32 Å². The number of hydrogen-bond acceptors (Lipinski definition) is 6. The maximum Gasteiger partial charge on any atom is 0.411 e. The number of benzene rings is 2. The van der Waals surface area contributed by atoms with Crippen molar-refractivity contribution in [1.29, 1.82) is 0 Å². The molecule has 3 fully saturated rings. The van der Waals surface area contributed by atoms with E-state index in [9.17, 15) is 14.3 Å². The van der Waals surface area contributed by atoms with Crippen molar-refractivity contribution in [2.45, 2.75) is 82.9 Å². The van der Waals surface area contributed by atoms with Crippen LogP contribution in [-0.4, -0.2) is 27.9 Å². The first-order valence-electron chi connectivity index (χ1n) is 13.3. The zero-order valence-electron chi connectivity index (χ0n) is 22.5. The van der Waals surface area contributed by atoms with Crippen LogP contribution in [0.1, 0.15) is 83.5 Å². The highest BCUT2D eigenvalue weighted by molar-refractivity contribution is 5.86. The van der Waals surface area contributed by atoms with E-state index in [1.165, 1.54) is 13.8 Å². The number of fused-ring (bicyclic) bond motifs is 3. The molecule has 3 aliphatic carbocycles. The lowest BCUT2D eigenvalue weighted by Gasteiger charge is -2.51. The number of nitrogens with zero attached hydrogens (tertiary/aromatic N) is 2. The number of aromatic nitrogens is 2. The van der Waals surface area contributed by atoms with Gasteiger partial charge in [-0.25, -0.2) is 9.18 Å². The van der Waals surface area contributed by atoms with E-state index in [-0.39, 0.29) is 16.7 Å². The van der Waals surface area contributed by atoms with Gasteiger partial charge in [0.05, 0.1) is 12.2 Å². The van der Waals surface area contributed by atoms with Gasteiger partial charge in [0.15, 0.2) is 11.5 Å².